The number of aryl methyl sites for hydroxylation is 1. The topological polar surface area (TPSA) is 134 Å². The number of ether oxygens (including phenoxy) is 2. The number of sulfonamides is 1. The Labute approximate surface area is 186 Å². The number of nitrogens with one attached hydrogen (secondary N) is 1. The molecule has 1 aromatic carbocycles. The molecule has 0 saturated carbocycles. The third-order valence-electron chi connectivity index (χ3n) is 4.24. The molecule has 0 aliphatic carbocycles. The first-order valence-electron chi connectivity index (χ1n) is 9.90. The van der Waals surface area contributed by atoms with E-state index in [9.17, 15) is 13.2 Å². The van der Waals surface area contributed by atoms with Gasteiger partial charge in [-0.3, -0.25) is 4.98 Å². The van der Waals surface area contributed by atoms with Gasteiger partial charge in [-0.05, 0) is 50.6 Å². The van der Waals surface area contributed by atoms with Crippen molar-refractivity contribution in [2.75, 3.05) is 13.7 Å². The molecule has 32 heavy (non-hydrogen) atoms. The van der Waals surface area contributed by atoms with Gasteiger partial charge >= 0.3 is 5.97 Å². The lowest BCUT2D eigenvalue weighted by atomic mass is 10.2. The number of nitrogens with zero attached hydrogens (tertiary/aromatic N) is 3. The van der Waals surface area contributed by atoms with Crippen LogP contribution in [0.5, 0.6) is 5.75 Å². The van der Waals surface area contributed by atoms with Crippen molar-refractivity contribution >= 4 is 16.0 Å². The summed E-state index contributed by atoms with van der Waals surface area (Å²) < 4.78 is 43.2. The predicted molar refractivity (Wildman–Crippen MR) is 115 cm³/mol. The summed E-state index contributed by atoms with van der Waals surface area (Å²) in [6.45, 7) is 3.50. The molecule has 2 heterocycles. The van der Waals surface area contributed by atoms with E-state index in [4.69, 9.17) is 14.0 Å². The molecule has 1 N–H and O–H groups in total. The van der Waals surface area contributed by atoms with Gasteiger partial charge in [-0.2, -0.15) is 4.98 Å². The Morgan fingerprint density at radius 3 is 2.75 bits per heavy atom. The van der Waals surface area contributed by atoms with Gasteiger partial charge in [0.25, 0.3) is 0 Å². The Morgan fingerprint density at radius 2 is 2.06 bits per heavy atom. The molecule has 11 heteroatoms. The molecule has 0 saturated heterocycles. The highest BCUT2D eigenvalue weighted by molar-refractivity contribution is 7.89. The van der Waals surface area contributed by atoms with E-state index in [1.54, 1.807) is 32.3 Å². The molecule has 0 bridgehead atoms. The Morgan fingerprint density at radius 1 is 1.25 bits per heavy atom. The van der Waals surface area contributed by atoms with Crippen LogP contribution in [-0.4, -0.2) is 49.3 Å². The average Bonchev–Trinajstić information content (AvgIpc) is 3.25. The summed E-state index contributed by atoms with van der Waals surface area (Å²) in [5.41, 5.74) is 0.845. The lowest BCUT2D eigenvalue weighted by molar-refractivity contribution is 0.0498. The van der Waals surface area contributed by atoms with Crippen molar-refractivity contribution in [1.29, 1.82) is 0 Å². The number of carbonyl (C=O) groups is 1. The van der Waals surface area contributed by atoms with E-state index in [-0.39, 0.29) is 28.9 Å². The fourth-order valence-electron chi connectivity index (χ4n) is 2.83. The minimum atomic E-state index is -3.85. The molecule has 0 fully saturated rings. The quantitative estimate of drug-likeness (QED) is 0.358. The van der Waals surface area contributed by atoms with Gasteiger partial charge in [0.2, 0.25) is 21.7 Å². The molecule has 0 radical (unpaired) electrons. The van der Waals surface area contributed by atoms with Crippen LogP contribution in [0.1, 0.15) is 36.5 Å². The fourth-order valence-corrected chi connectivity index (χ4v) is 4.27. The van der Waals surface area contributed by atoms with Crippen molar-refractivity contribution in [3.63, 3.8) is 0 Å². The maximum absolute atomic E-state index is 12.5. The van der Waals surface area contributed by atoms with Crippen LogP contribution in [0.2, 0.25) is 0 Å². The number of methoxy groups -OCH3 is 1. The molecule has 0 aliphatic heterocycles. The normalized spacial score (nSPS) is 11.5. The van der Waals surface area contributed by atoms with E-state index in [0.29, 0.717) is 24.6 Å². The minimum Gasteiger partial charge on any atom is -0.495 e. The molecular formula is C21H24N4O6S. The number of hydrogen-bond donors (Lipinski definition) is 1. The summed E-state index contributed by atoms with van der Waals surface area (Å²) in [7, 11) is -2.49. The van der Waals surface area contributed by atoms with Crippen molar-refractivity contribution in [1.82, 2.24) is 19.8 Å². The summed E-state index contributed by atoms with van der Waals surface area (Å²) in [4.78, 5) is 20.6. The number of carbonyl (C=O) groups excluding carboxylic acids is 1. The predicted octanol–water partition coefficient (Wildman–Crippen LogP) is 2.62. The van der Waals surface area contributed by atoms with Crippen LogP contribution in [0.15, 0.2) is 52.1 Å². The van der Waals surface area contributed by atoms with Gasteiger partial charge in [-0.15, -0.1) is 0 Å². The van der Waals surface area contributed by atoms with Gasteiger partial charge in [0.15, 0.2) is 0 Å². The van der Waals surface area contributed by atoms with Crippen LogP contribution in [0.4, 0.5) is 0 Å². The molecule has 10 nitrogen and oxygen atoms in total. The maximum atomic E-state index is 12.5. The number of hydrogen-bond acceptors (Lipinski definition) is 9. The van der Waals surface area contributed by atoms with Crippen LogP contribution in [0.25, 0.3) is 11.4 Å². The largest absolute Gasteiger partial charge is 0.495 e. The lowest BCUT2D eigenvalue weighted by Gasteiger charge is -2.14. The molecule has 3 aromatic rings. The third kappa shape index (κ3) is 5.89. The van der Waals surface area contributed by atoms with Crippen molar-refractivity contribution in [3.05, 3.63) is 54.2 Å². The molecule has 0 unspecified atom stereocenters. The zero-order valence-electron chi connectivity index (χ0n) is 17.9. The van der Waals surface area contributed by atoms with Crippen LogP contribution >= 0.6 is 0 Å². The van der Waals surface area contributed by atoms with Crippen LogP contribution < -0.4 is 9.46 Å². The number of rotatable bonds is 10. The van der Waals surface area contributed by atoms with Crippen molar-refractivity contribution in [3.8, 4) is 17.1 Å². The van der Waals surface area contributed by atoms with E-state index in [2.05, 4.69) is 19.8 Å². The molecular weight excluding hydrogens is 436 g/mol. The monoisotopic (exact) mass is 460 g/mol. The average molecular weight is 461 g/mol. The van der Waals surface area contributed by atoms with Gasteiger partial charge in [0.05, 0.1) is 19.3 Å². The van der Waals surface area contributed by atoms with Gasteiger partial charge in [-0.25, -0.2) is 17.9 Å². The van der Waals surface area contributed by atoms with Crippen molar-refractivity contribution in [2.24, 2.45) is 0 Å². The standard InChI is InChI=1S/C21H24N4O6S/c1-14(2)25-32(27,28)18-12-15(8-9-17(18)29-3)21(26)30-11-5-7-19-23-20(24-31-19)16-6-4-10-22-13-16/h4,6,8-10,12-14,25H,5,7,11H2,1-3H3. The summed E-state index contributed by atoms with van der Waals surface area (Å²) in [5, 5.41) is 3.91. The summed E-state index contributed by atoms with van der Waals surface area (Å²) in [6, 6.07) is 7.40. The molecule has 2 aromatic heterocycles. The Kier molecular flexibility index (Phi) is 7.54. The number of benzene rings is 1. The van der Waals surface area contributed by atoms with Crippen LogP contribution in [-0.2, 0) is 21.2 Å². The molecule has 170 valence electrons. The highest BCUT2D eigenvalue weighted by atomic mass is 32.2. The number of pyridine rings is 1. The third-order valence-corrected chi connectivity index (χ3v) is 5.92. The second-order valence-corrected chi connectivity index (χ2v) is 8.82. The fraction of sp³-hybridized carbons (Fsp3) is 0.333. The highest BCUT2D eigenvalue weighted by Gasteiger charge is 2.23. The first-order valence-corrected chi connectivity index (χ1v) is 11.4. The number of aromatic nitrogens is 3. The summed E-state index contributed by atoms with van der Waals surface area (Å²) in [6.07, 6.45) is 4.16. The van der Waals surface area contributed by atoms with E-state index in [0.717, 1.165) is 5.56 Å². The van der Waals surface area contributed by atoms with E-state index < -0.39 is 16.0 Å². The zero-order valence-corrected chi connectivity index (χ0v) is 18.8. The number of esters is 1. The zero-order chi connectivity index (χ0) is 23.1. The van der Waals surface area contributed by atoms with Gasteiger partial charge < -0.3 is 14.0 Å². The smallest absolute Gasteiger partial charge is 0.338 e. The first kappa shape index (κ1) is 23.4. The summed E-state index contributed by atoms with van der Waals surface area (Å²) >= 11 is 0. The van der Waals surface area contributed by atoms with Crippen molar-refractivity contribution in [2.45, 2.75) is 37.6 Å². The minimum absolute atomic E-state index is 0.0990. The van der Waals surface area contributed by atoms with E-state index in [1.165, 1.54) is 25.3 Å². The Hall–Kier alpha value is -3.31. The van der Waals surface area contributed by atoms with Gasteiger partial charge in [0.1, 0.15) is 10.6 Å². The second kappa shape index (κ2) is 10.3. The van der Waals surface area contributed by atoms with Crippen LogP contribution in [0.3, 0.4) is 0 Å². The SMILES string of the molecule is COc1ccc(C(=O)OCCCc2nc(-c3cccnc3)no2)cc1S(=O)(=O)NC(C)C. The van der Waals surface area contributed by atoms with Gasteiger partial charge in [0, 0.05) is 30.4 Å². The maximum Gasteiger partial charge on any atom is 0.338 e. The summed E-state index contributed by atoms with van der Waals surface area (Å²) in [5.74, 6) is 0.343. The first-order chi connectivity index (χ1) is 15.3. The second-order valence-electron chi connectivity index (χ2n) is 7.13. The highest BCUT2D eigenvalue weighted by Crippen LogP contribution is 2.25. The van der Waals surface area contributed by atoms with Gasteiger partial charge in [-0.1, -0.05) is 5.16 Å². The molecule has 0 amide bonds. The van der Waals surface area contributed by atoms with E-state index >= 15 is 0 Å². The molecule has 0 spiro atoms. The molecule has 0 aliphatic rings. The molecule has 3 rings (SSSR count). The lowest BCUT2D eigenvalue weighted by Crippen LogP contribution is -2.30. The van der Waals surface area contributed by atoms with Crippen LogP contribution in [0, 0.1) is 0 Å². The van der Waals surface area contributed by atoms with Crippen molar-refractivity contribution < 1.29 is 27.2 Å². The molecule has 0 atom stereocenters. The Bertz CT molecular complexity index is 1160. The van der Waals surface area contributed by atoms with E-state index in [1.807, 2.05) is 6.07 Å². The Balaban J connectivity index is 1.58.